The number of imidazole rings is 1. The van der Waals surface area contributed by atoms with E-state index in [9.17, 15) is 4.79 Å². The molecule has 19 heavy (non-hydrogen) atoms. The van der Waals surface area contributed by atoms with Crippen molar-refractivity contribution >= 4 is 17.5 Å². The lowest BCUT2D eigenvalue weighted by Gasteiger charge is -2.07. The standard InChI is InChI=1S/C15H18N2OS/c1-3-7-17-11-16-9-14(17)10-19-15-6-4-5-13(8-15)12(2)18/h4-6,8-9,11H,3,7,10H2,1-2H3. The molecule has 2 aromatic rings. The number of Topliss-reactive ketones (excluding diaryl/α,β-unsaturated/α-hetero) is 1. The Balaban J connectivity index is 2.04. The van der Waals surface area contributed by atoms with Crippen LogP contribution in [0.15, 0.2) is 41.7 Å². The summed E-state index contributed by atoms with van der Waals surface area (Å²) in [5.41, 5.74) is 1.99. The molecule has 0 aliphatic carbocycles. The van der Waals surface area contributed by atoms with Crippen molar-refractivity contribution in [1.82, 2.24) is 9.55 Å². The molecular weight excluding hydrogens is 256 g/mol. The van der Waals surface area contributed by atoms with Gasteiger partial charge in [-0.2, -0.15) is 0 Å². The van der Waals surface area contributed by atoms with E-state index in [0.717, 1.165) is 29.2 Å². The molecule has 1 heterocycles. The highest BCUT2D eigenvalue weighted by Gasteiger charge is 2.04. The molecule has 0 amide bonds. The number of hydrogen-bond donors (Lipinski definition) is 0. The number of carbonyl (C=O) groups excluding carboxylic acids is 1. The summed E-state index contributed by atoms with van der Waals surface area (Å²) in [4.78, 5) is 16.7. The Hall–Kier alpha value is -1.55. The topological polar surface area (TPSA) is 34.9 Å². The lowest BCUT2D eigenvalue weighted by Crippen LogP contribution is -1.99. The van der Waals surface area contributed by atoms with Crippen LogP contribution in [0.4, 0.5) is 0 Å². The van der Waals surface area contributed by atoms with Crippen molar-refractivity contribution in [1.29, 1.82) is 0 Å². The third kappa shape index (κ3) is 3.70. The minimum absolute atomic E-state index is 0.110. The van der Waals surface area contributed by atoms with Gasteiger partial charge in [0.15, 0.2) is 5.78 Å². The van der Waals surface area contributed by atoms with E-state index in [4.69, 9.17) is 0 Å². The highest BCUT2D eigenvalue weighted by molar-refractivity contribution is 7.98. The third-order valence-corrected chi connectivity index (χ3v) is 3.92. The van der Waals surface area contributed by atoms with E-state index in [1.54, 1.807) is 18.7 Å². The lowest BCUT2D eigenvalue weighted by atomic mass is 10.2. The van der Waals surface area contributed by atoms with Gasteiger partial charge in [0, 0.05) is 34.6 Å². The minimum Gasteiger partial charge on any atom is -0.334 e. The summed E-state index contributed by atoms with van der Waals surface area (Å²) < 4.78 is 2.18. The van der Waals surface area contributed by atoms with Crippen molar-refractivity contribution in [2.75, 3.05) is 0 Å². The van der Waals surface area contributed by atoms with Crippen LogP contribution in [0, 0.1) is 0 Å². The van der Waals surface area contributed by atoms with Crippen molar-refractivity contribution in [3.8, 4) is 0 Å². The van der Waals surface area contributed by atoms with Gasteiger partial charge in [-0.1, -0.05) is 19.1 Å². The summed E-state index contributed by atoms with van der Waals surface area (Å²) in [7, 11) is 0. The van der Waals surface area contributed by atoms with Gasteiger partial charge in [0.25, 0.3) is 0 Å². The van der Waals surface area contributed by atoms with Crippen molar-refractivity contribution in [2.24, 2.45) is 0 Å². The van der Waals surface area contributed by atoms with Crippen LogP contribution in [0.2, 0.25) is 0 Å². The second-order valence-electron chi connectivity index (χ2n) is 4.45. The van der Waals surface area contributed by atoms with Gasteiger partial charge in [0.1, 0.15) is 0 Å². The van der Waals surface area contributed by atoms with Gasteiger partial charge in [0.2, 0.25) is 0 Å². The highest BCUT2D eigenvalue weighted by Crippen LogP contribution is 2.23. The Kier molecular flexibility index (Phi) is 4.80. The van der Waals surface area contributed by atoms with Gasteiger partial charge < -0.3 is 4.57 Å². The molecular formula is C15H18N2OS. The average Bonchev–Trinajstić information content (AvgIpc) is 2.85. The van der Waals surface area contributed by atoms with Gasteiger partial charge in [-0.25, -0.2) is 4.98 Å². The summed E-state index contributed by atoms with van der Waals surface area (Å²) in [6.07, 6.45) is 4.90. The lowest BCUT2D eigenvalue weighted by molar-refractivity contribution is 0.101. The van der Waals surface area contributed by atoms with Crippen molar-refractivity contribution in [2.45, 2.75) is 37.5 Å². The number of carbonyl (C=O) groups is 1. The number of hydrogen-bond acceptors (Lipinski definition) is 3. The van der Waals surface area contributed by atoms with Gasteiger partial charge in [-0.3, -0.25) is 4.79 Å². The van der Waals surface area contributed by atoms with Crippen LogP contribution in [0.25, 0.3) is 0 Å². The molecule has 0 unspecified atom stereocenters. The Morgan fingerprint density at radius 2 is 2.26 bits per heavy atom. The Morgan fingerprint density at radius 1 is 1.42 bits per heavy atom. The Morgan fingerprint density at radius 3 is 3.00 bits per heavy atom. The largest absolute Gasteiger partial charge is 0.334 e. The Bertz CT molecular complexity index is 563. The van der Waals surface area contributed by atoms with E-state index < -0.39 is 0 Å². The van der Waals surface area contributed by atoms with E-state index in [1.807, 2.05) is 36.8 Å². The number of thioether (sulfide) groups is 1. The first kappa shape index (κ1) is 13.9. The zero-order valence-electron chi connectivity index (χ0n) is 11.3. The molecule has 1 aromatic carbocycles. The predicted octanol–water partition coefficient (Wildman–Crippen LogP) is 3.79. The molecule has 0 fully saturated rings. The summed E-state index contributed by atoms with van der Waals surface area (Å²) in [6.45, 7) is 4.76. The fourth-order valence-electron chi connectivity index (χ4n) is 1.87. The molecule has 3 nitrogen and oxygen atoms in total. The number of ketones is 1. The fraction of sp³-hybridized carbons (Fsp3) is 0.333. The SMILES string of the molecule is CCCn1cncc1CSc1cccc(C(C)=O)c1. The molecule has 1 aromatic heterocycles. The van der Waals surface area contributed by atoms with E-state index in [1.165, 1.54) is 5.69 Å². The monoisotopic (exact) mass is 274 g/mol. The van der Waals surface area contributed by atoms with Crippen LogP contribution in [0.5, 0.6) is 0 Å². The maximum Gasteiger partial charge on any atom is 0.159 e. The molecule has 4 heteroatoms. The fourth-order valence-corrected chi connectivity index (χ4v) is 2.81. The molecule has 0 aliphatic rings. The van der Waals surface area contributed by atoms with Gasteiger partial charge in [-0.05, 0) is 25.5 Å². The first-order valence-electron chi connectivity index (χ1n) is 6.43. The maximum absolute atomic E-state index is 11.3. The van der Waals surface area contributed by atoms with Crippen molar-refractivity contribution in [3.63, 3.8) is 0 Å². The number of rotatable bonds is 6. The summed E-state index contributed by atoms with van der Waals surface area (Å²) in [6, 6.07) is 7.78. The number of aromatic nitrogens is 2. The average molecular weight is 274 g/mol. The maximum atomic E-state index is 11.3. The number of benzene rings is 1. The molecule has 0 saturated carbocycles. The highest BCUT2D eigenvalue weighted by atomic mass is 32.2. The molecule has 0 N–H and O–H groups in total. The van der Waals surface area contributed by atoms with E-state index in [0.29, 0.717) is 0 Å². The third-order valence-electron chi connectivity index (χ3n) is 2.89. The van der Waals surface area contributed by atoms with E-state index in [2.05, 4.69) is 16.5 Å². The van der Waals surface area contributed by atoms with E-state index in [-0.39, 0.29) is 5.78 Å². The molecule has 0 radical (unpaired) electrons. The first-order valence-corrected chi connectivity index (χ1v) is 7.42. The zero-order valence-corrected chi connectivity index (χ0v) is 12.1. The predicted molar refractivity (Wildman–Crippen MR) is 78.5 cm³/mol. The quantitative estimate of drug-likeness (QED) is 0.594. The van der Waals surface area contributed by atoms with Crippen LogP contribution < -0.4 is 0 Å². The van der Waals surface area contributed by atoms with Crippen LogP contribution in [0.3, 0.4) is 0 Å². The zero-order chi connectivity index (χ0) is 13.7. The minimum atomic E-state index is 0.110. The van der Waals surface area contributed by atoms with E-state index >= 15 is 0 Å². The van der Waals surface area contributed by atoms with Gasteiger partial charge in [0.05, 0.1) is 6.33 Å². The smallest absolute Gasteiger partial charge is 0.159 e. The number of nitrogens with zero attached hydrogens (tertiary/aromatic N) is 2. The van der Waals surface area contributed by atoms with Crippen LogP contribution in [-0.4, -0.2) is 15.3 Å². The molecule has 0 atom stereocenters. The van der Waals surface area contributed by atoms with Crippen molar-refractivity contribution < 1.29 is 4.79 Å². The van der Waals surface area contributed by atoms with Gasteiger partial charge in [-0.15, -0.1) is 11.8 Å². The second-order valence-corrected chi connectivity index (χ2v) is 5.50. The van der Waals surface area contributed by atoms with Crippen LogP contribution in [0.1, 0.15) is 36.3 Å². The summed E-state index contributed by atoms with van der Waals surface area (Å²) in [5.74, 6) is 0.986. The molecule has 0 bridgehead atoms. The molecule has 0 saturated heterocycles. The molecule has 2 rings (SSSR count). The molecule has 0 aliphatic heterocycles. The molecule has 0 spiro atoms. The normalized spacial score (nSPS) is 10.6. The second kappa shape index (κ2) is 6.57. The van der Waals surface area contributed by atoms with Gasteiger partial charge >= 0.3 is 0 Å². The first-order chi connectivity index (χ1) is 9.20. The van der Waals surface area contributed by atoms with Crippen LogP contribution >= 0.6 is 11.8 Å². The van der Waals surface area contributed by atoms with Crippen LogP contribution in [-0.2, 0) is 12.3 Å². The van der Waals surface area contributed by atoms with Crippen molar-refractivity contribution in [3.05, 3.63) is 48.0 Å². The number of aryl methyl sites for hydroxylation is 1. The Labute approximate surface area is 118 Å². The molecule has 100 valence electrons. The summed E-state index contributed by atoms with van der Waals surface area (Å²) >= 11 is 1.74. The summed E-state index contributed by atoms with van der Waals surface area (Å²) in [5, 5.41) is 0.